The Hall–Kier alpha value is -0.400. The number of nitrogens with one attached hydrogen (secondary N) is 1. The number of hydrogen-bond acceptors (Lipinski definition) is 5. The fourth-order valence-electron chi connectivity index (χ4n) is 1.62. The Morgan fingerprint density at radius 1 is 1.52 bits per heavy atom. The van der Waals surface area contributed by atoms with Crippen molar-refractivity contribution in [2.75, 3.05) is 26.7 Å². The molecule has 1 heterocycles. The molecule has 21 heavy (non-hydrogen) atoms. The summed E-state index contributed by atoms with van der Waals surface area (Å²) in [6, 6.07) is 0.535. The van der Waals surface area contributed by atoms with Gasteiger partial charge in [-0.3, -0.25) is 4.79 Å². The molecule has 0 spiro atoms. The zero-order chi connectivity index (χ0) is 14.3. The molecular weight excluding hydrogens is 331 g/mol. The van der Waals surface area contributed by atoms with Gasteiger partial charge in [0, 0.05) is 30.9 Å². The number of amides is 1. The van der Waals surface area contributed by atoms with Gasteiger partial charge in [0.15, 0.2) is 0 Å². The Kier molecular flexibility index (Phi) is 13.3. The third-order valence-electron chi connectivity index (χ3n) is 3.24. The van der Waals surface area contributed by atoms with Gasteiger partial charge in [0.25, 0.3) is 5.91 Å². The number of carbonyl (C=O) groups is 1. The average molecular weight is 357 g/mol. The zero-order valence-electron chi connectivity index (χ0n) is 12.8. The van der Waals surface area contributed by atoms with Gasteiger partial charge in [0.05, 0.1) is 5.01 Å². The van der Waals surface area contributed by atoms with Crippen LogP contribution in [0.5, 0.6) is 0 Å². The minimum Gasteiger partial charge on any atom is -0.349 e. The second-order valence-corrected chi connectivity index (χ2v) is 5.60. The topological polar surface area (TPSA) is 71.2 Å². The monoisotopic (exact) mass is 356 g/mol. The molecular formula is C13H26Cl2N4OS. The van der Waals surface area contributed by atoms with Crippen LogP contribution in [0.25, 0.3) is 0 Å². The smallest absolute Gasteiger partial charge is 0.270 e. The highest BCUT2D eigenvalue weighted by Gasteiger charge is 2.11. The molecule has 1 aromatic heterocycles. The van der Waals surface area contributed by atoms with Crippen molar-refractivity contribution in [1.82, 2.24) is 15.2 Å². The first-order valence-corrected chi connectivity index (χ1v) is 7.59. The third kappa shape index (κ3) is 7.97. The van der Waals surface area contributed by atoms with Crippen LogP contribution in [-0.4, -0.2) is 48.5 Å². The van der Waals surface area contributed by atoms with Crippen LogP contribution in [0.4, 0.5) is 0 Å². The fraction of sp³-hybridized carbons (Fsp3) is 0.692. The normalized spacial score (nSPS) is 11.5. The summed E-state index contributed by atoms with van der Waals surface area (Å²) in [7, 11) is 2.07. The number of nitrogens with two attached hydrogens (primary N) is 1. The van der Waals surface area contributed by atoms with Crippen LogP contribution in [0.2, 0.25) is 0 Å². The van der Waals surface area contributed by atoms with E-state index in [0.29, 0.717) is 24.8 Å². The second-order valence-electron chi connectivity index (χ2n) is 4.66. The lowest BCUT2D eigenvalue weighted by atomic mass is 10.2. The molecule has 5 nitrogen and oxygen atoms in total. The molecule has 0 aliphatic rings. The minimum absolute atomic E-state index is 0. The maximum absolute atomic E-state index is 11.9. The number of nitrogens with zero attached hydrogens (tertiary/aromatic N) is 2. The summed E-state index contributed by atoms with van der Waals surface area (Å²) in [6.07, 6.45) is 1.84. The van der Waals surface area contributed by atoms with Crippen LogP contribution < -0.4 is 11.1 Å². The van der Waals surface area contributed by atoms with E-state index in [2.05, 4.69) is 36.1 Å². The summed E-state index contributed by atoms with van der Waals surface area (Å²) in [5, 5.41) is 5.61. The first-order chi connectivity index (χ1) is 9.08. The summed E-state index contributed by atoms with van der Waals surface area (Å²) >= 11 is 1.49. The van der Waals surface area contributed by atoms with Crippen molar-refractivity contribution in [3.8, 4) is 0 Å². The van der Waals surface area contributed by atoms with Crippen LogP contribution in [0, 0.1) is 0 Å². The first-order valence-electron chi connectivity index (χ1n) is 6.71. The lowest BCUT2D eigenvalue weighted by Gasteiger charge is -2.23. The number of carbonyl (C=O) groups excluding carboxylic acids is 1. The molecule has 3 N–H and O–H groups in total. The van der Waals surface area contributed by atoms with Gasteiger partial charge in [0.1, 0.15) is 5.69 Å². The van der Waals surface area contributed by atoms with E-state index in [1.54, 1.807) is 5.38 Å². The van der Waals surface area contributed by atoms with Gasteiger partial charge >= 0.3 is 0 Å². The van der Waals surface area contributed by atoms with Gasteiger partial charge in [-0.05, 0) is 26.9 Å². The van der Waals surface area contributed by atoms with Gasteiger partial charge in [-0.15, -0.1) is 36.2 Å². The Morgan fingerprint density at radius 3 is 2.76 bits per heavy atom. The van der Waals surface area contributed by atoms with E-state index in [1.165, 1.54) is 11.3 Å². The van der Waals surface area contributed by atoms with Crippen LogP contribution in [0.15, 0.2) is 5.38 Å². The standard InChI is InChI=1S/C13H24N4OS.2ClH/c1-4-10(2)17(3)8-7-15-13(18)11-9-19-12(16-11)5-6-14;;/h9-10H,4-8,14H2,1-3H3,(H,15,18);2*1H. The molecule has 8 heteroatoms. The summed E-state index contributed by atoms with van der Waals surface area (Å²) in [6.45, 7) is 6.40. The number of likely N-dealkylation sites (N-methyl/N-ethyl adjacent to an activating group) is 1. The third-order valence-corrected chi connectivity index (χ3v) is 4.14. The van der Waals surface area contributed by atoms with Gasteiger partial charge in [-0.25, -0.2) is 4.98 Å². The van der Waals surface area contributed by atoms with Crippen molar-refractivity contribution in [3.63, 3.8) is 0 Å². The van der Waals surface area contributed by atoms with Gasteiger partial charge in [0.2, 0.25) is 0 Å². The van der Waals surface area contributed by atoms with E-state index in [4.69, 9.17) is 5.73 Å². The molecule has 124 valence electrons. The number of thiazole rings is 1. The molecule has 0 aliphatic heterocycles. The molecule has 1 rings (SSSR count). The maximum atomic E-state index is 11.9. The first kappa shape index (κ1) is 22.9. The maximum Gasteiger partial charge on any atom is 0.270 e. The van der Waals surface area contributed by atoms with E-state index in [1.807, 2.05) is 0 Å². The lowest BCUT2D eigenvalue weighted by Crippen LogP contribution is -2.37. The molecule has 1 atom stereocenters. The van der Waals surface area contributed by atoms with Crippen molar-refractivity contribution >= 4 is 42.1 Å². The highest BCUT2D eigenvalue weighted by molar-refractivity contribution is 7.09. The molecule has 0 aliphatic carbocycles. The second kappa shape index (κ2) is 12.2. The van der Waals surface area contributed by atoms with Crippen LogP contribution in [0.3, 0.4) is 0 Å². The number of aromatic nitrogens is 1. The van der Waals surface area contributed by atoms with Gasteiger partial charge in [-0.1, -0.05) is 6.92 Å². The highest BCUT2D eigenvalue weighted by atomic mass is 35.5. The predicted octanol–water partition coefficient (Wildman–Crippen LogP) is 1.95. The average Bonchev–Trinajstić information content (AvgIpc) is 2.86. The summed E-state index contributed by atoms with van der Waals surface area (Å²) < 4.78 is 0. The Balaban J connectivity index is 0. The van der Waals surface area contributed by atoms with E-state index < -0.39 is 0 Å². The highest BCUT2D eigenvalue weighted by Crippen LogP contribution is 2.09. The lowest BCUT2D eigenvalue weighted by molar-refractivity contribution is 0.0943. The van der Waals surface area contributed by atoms with Crippen LogP contribution in [0.1, 0.15) is 35.8 Å². The predicted molar refractivity (Wildman–Crippen MR) is 94.1 cm³/mol. The summed E-state index contributed by atoms with van der Waals surface area (Å²) in [4.78, 5) is 18.4. The van der Waals surface area contributed by atoms with Crippen molar-refractivity contribution in [2.45, 2.75) is 32.7 Å². The molecule has 0 bridgehead atoms. The number of rotatable bonds is 8. The van der Waals surface area contributed by atoms with Crippen molar-refractivity contribution in [2.24, 2.45) is 5.73 Å². The van der Waals surface area contributed by atoms with Gasteiger partial charge < -0.3 is 16.0 Å². The largest absolute Gasteiger partial charge is 0.349 e. The zero-order valence-corrected chi connectivity index (χ0v) is 15.2. The summed E-state index contributed by atoms with van der Waals surface area (Å²) in [5.74, 6) is -0.0999. The van der Waals surface area contributed by atoms with Crippen LogP contribution in [-0.2, 0) is 6.42 Å². The fourth-order valence-corrected chi connectivity index (χ4v) is 2.42. The van der Waals surface area contributed by atoms with E-state index >= 15 is 0 Å². The Labute approximate surface area is 143 Å². The molecule has 0 aromatic carbocycles. The molecule has 1 amide bonds. The van der Waals surface area contributed by atoms with Crippen molar-refractivity contribution in [1.29, 1.82) is 0 Å². The summed E-state index contributed by atoms with van der Waals surface area (Å²) in [5.41, 5.74) is 5.96. The molecule has 1 unspecified atom stereocenters. The molecule has 1 aromatic rings. The van der Waals surface area contributed by atoms with Crippen molar-refractivity contribution < 1.29 is 4.79 Å². The SMILES string of the molecule is CCC(C)N(C)CCNC(=O)c1csc(CCN)n1.Cl.Cl. The van der Waals surface area contributed by atoms with E-state index in [-0.39, 0.29) is 30.7 Å². The number of halogens is 2. The molecule has 0 fully saturated rings. The number of hydrogen-bond donors (Lipinski definition) is 2. The molecule has 0 saturated heterocycles. The quantitative estimate of drug-likeness (QED) is 0.746. The van der Waals surface area contributed by atoms with E-state index in [0.717, 1.165) is 24.4 Å². The van der Waals surface area contributed by atoms with E-state index in [9.17, 15) is 4.79 Å². The minimum atomic E-state index is -0.0999. The van der Waals surface area contributed by atoms with Gasteiger partial charge in [-0.2, -0.15) is 0 Å². The Morgan fingerprint density at radius 2 is 2.19 bits per heavy atom. The Bertz CT molecular complexity index is 403. The molecule has 0 saturated carbocycles. The van der Waals surface area contributed by atoms with Crippen LogP contribution >= 0.6 is 36.2 Å². The molecule has 0 radical (unpaired) electrons. The van der Waals surface area contributed by atoms with Crippen molar-refractivity contribution in [3.05, 3.63) is 16.1 Å².